The van der Waals surface area contributed by atoms with Gasteiger partial charge in [0.1, 0.15) is 0 Å². The molecule has 0 aromatic rings. The van der Waals surface area contributed by atoms with Crippen molar-refractivity contribution in [2.45, 2.75) is 23.2 Å². The monoisotopic (exact) mass is 251 g/mol. The van der Waals surface area contributed by atoms with Crippen LogP contribution < -0.4 is 0 Å². The second-order valence-corrected chi connectivity index (χ2v) is 5.23. The third-order valence-electron chi connectivity index (χ3n) is 3.08. The van der Waals surface area contributed by atoms with Crippen LogP contribution in [-0.2, 0) is 9.53 Å². The van der Waals surface area contributed by atoms with E-state index in [1.165, 1.54) is 12.0 Å². The number of rotatable bonds is 0. The highest BCUT2D eigenvalue weighted by atomic mass is 35.5. The Hall–Kier alpha value is -0.480. The van der Waals surface area contributed by atoms with Gasteiger partial charge in [-0.2, -0.15) is 0 Å². The predicted octanol–water partition coefficient (Wildman–Crippen LogP) is 1.59. The minimum absolute atomic E-state index is 0.176. The number of hydrogen-bond acceptors (Lipinski definition) is 3. The lowest BCUT2D eigenvalue weighted by atomic mass is 9.71. The second kappa shape index (κ2) is 3.52. The Morgan fingerprint density at radius 1 is 1.60 bits per heavy atom. The molecule has 1 aliphatic carbocycles. The quantitative estimate of drug-likeness (QED) is 0.615. The summed E-state index contributed by atoms with van der Waals surface area (Å²) in [6.07, 6.45) is 1.06. The standard InChI is InChI=1S/C9H11Cl2NO3/c1-15-8(14)12-4-2-3-5-6(12)9(10,11)7(5)13/h5-6H,2-4H2,1H3. The molecule has 2 aliphatic rings. The molecule has 0 aromatic carbocycles. The lowest BCUT2D eigenvalue weighted by Crippen LogP contribution is -2.70. The molecule has 0 radical (unpaired) electrons. The lowest BCUT2D eigenvalue weighted by molar-refractivity contribution is -0.139. The number of likely N-dealkylation sites (tertiary alicyclic amines) is 1. The highest BCUT2D eigenvalue weighted by Gasteiger charge is 2.64. The molecule has 15 heavy (non-hydrogen) atoms. The van der Waals surface area contributed by atoms with Gasteiger partial charge in [-0.3, -0.25) is 4.79 Å². The topological polar surface area (TPSA) is 46.6 Å². The first-order valence-electron chi connectivity index (χ1n) is 4.77. The number of carbonyl (C=O) groups is 2. The van der Waals surface area contributed by atoms with Crippen molar-refractivity contribution in [1.82, 2.24) is 4.90 Å². The van der Waals surface area contributed by atoms with Crippen LogP contribution in [0.25, 0.3) is 0 Å². The molecule has 1 saturated carbocycles. The number of nitrogens with zero attached hydrogens (tertiary/aromatic N) is 1. The minimum Gasteiger partial charge on any atom is -0.453 e. The van der Waals surface area contributed by atoms with E-state index in [1.807, 2.05) is 0 Å². The molecular weight excluding hydrogens is 241 g/mol. The molecule has 1 saturated heterocycles. The van der Waals surface area contributed by atoms with Crippen molar-refractivity contribution < 1.29 is 14.3 Å². The fourth-order valence-corrected chi connectivity index (χ4v) is 3.16. The van der Waals surface area contributed by atoms with Crippen LogP contribution >= 0.6 is 23.2 Å². The van der Waals surface area contributed by atoms with Crippen molar-refractivity contribution >= 4 is 35.1 Å². The molecule has 2 rings (SSSR count). The van der Waals surface area contributed by atoms with Gasteiger partial charge in [-0.1, -0.05) is 23.2 Å². The molecule has 0 aromatic heterocycles. The van der Waals surface area contributed by atoms with Crippen molar-refractivity contribution in [2.75, 3.05) is 13.7 Å². The number of Topliss-reactive ketones (excluding diaryl/α,β-unsaturated/α-hetero) is 1. The summed E-state index contributed by atoms with van der Waals surface area (Å²) in [5.74, 6) is -0.391. The van der Waals surface area contributed by atoms with E-state index >= 15 is 0 Å². The summed E-state index contributed by atoms with van der Waals surface area (Å²) in [7, 11) is 1.30. The van der Waals surface area contributed by atoms with Crippen LogP contribution in [0.3, 0.4) is 0 Å². The van der Waals surface area contributed by atoms with Crippen LogP contribution in [0.15, 0.2) is 0 Å². The van der Waals surface area contributed by atoms with E-state index in [0.717, 1.165) is 12.8 Å². The maximum Gasteiger partial charge on any atom is 0.409 e. The molecule has 0 N–H and O–H groups in total. The summed E-state index contributed by atoms with van der Waals surface area (Å²) in [6, 6.07) is -0.422. The van der Waals surface area contributed by atoms with E-state index in [1.54, 1.807) is 0 Å². The molecule has 0 spiro atoms. The maximum absolute atomic E-state index is 11.5. The van der Waals surface area contributed by atoms with Crippen molar-refractivity contribution in [3.8, 4) is 0 Å². The van der Waals surface area contributed by atoms with Gasteiger partial charge in [0.05, 0.1) is 13.2 Å². The molecule has 2 fully saturated rings. The molecule has 6 heteroatoms. The van der Waals surface area contributed by atoms with Gasteiger partial charge in [-0.05, 0) is 12.8 Å². The predicted molar refractivity (Wildman–Crippen MR) is 55.1 cm³/mol. The van der Waals surface area contributed by atoms with E-state index < -0.39 is 16.5 Å². The number of ketones is 1. The minimum atomic E-state index is -1.45. The molecule has 1 aliphatic heterocycles. The molecule has 84 valence electrons. The van der Waals surface area contributed by atoms with Crippen molar-refractivity contribution in [2.24, 2.45) is 5.92 Å². The first kappa shape index (κ1) is 11.0. The van der Waals surface area contributed by atoms with Gasteiger partial charge in [0.25, 0.3) is 0 Å². The fraction of sp³-hybridized carbons (Fsp3) is 0.778. The van der Waals surface area contributed by atoms with Crippen LogP contribution in [0.2, 0.25) is 0 Å². The van der Waals surface area contributed by atoms with Crippen molar-refractivity contribution in [1.29, 1.82) is 0 Å². The first-order chi connectivity index (χ1) is 7.00. The smallest absolute Gasteiger partial charge is 0.409 e. The Labute approximate surface area is 97.5 Å². The average Bonchev–Trinajstić information content (AvgIpc) is 2.26. The summed E-state index contributed by atoms with van der Waals surface area (Å²) in [5.41, 5.74) is 0. The Morgan fingerprint density at radius 3 is 2.87 bits per heavy atom. The van der Waals surface area contributed by atoms with Crippen molar-refractivity contribution in [3.63, 3.8) is 0 Å². The molecular formula is C9H11Cl2NO3. The number of methoxy groups -OCH3 is 1. The van der Waals surface area contributed by atoms with Gasteiger partial charge in [-0.25, -0.2) is 4.79 Å². The zero-order valence-corrected chi connectivity index (χ0v) is 9.72. The van der Waals surface area contributed by atoms with Gasteiger partial charge < -0.3 is 9.64 Å². The molecule has 1 amide bonds. The Balaban J connectivity index is 2.21. The number of fused-ring (bicyclic) bond motifs is 1. The van der Waals surface area contributed by atoms with Crippen LogP contribution in [0.1, 0.15) is 12.8 Å². The van der Waals surface area contributed by atoms with E-state index in [9.17, 15) is 9.59 Å². The number of carbonyl (C=O) groups excluding carboxylic acids is 2. The normalized spacial score (nSPS) is 33.0. The SMILES string of the molecule is COC(=O)N1CCCC2C(=O)C(Cl)(Cl)C21. The summed E-state index contributed by atoms with van der Waals surface area (Å²) in [6.45, 7) is 0.544. The molecule has 4 nitrogen and oxygen atoms in total. The summed E-state index contributed by atoms with van der Waals surface area (Å²) < 4.78 is 3.18. The maximum atomic E-state index is 11.5. The second-order valence-electron chi connectivity index (χ2n) is 3.84. The molecule has 1 heterocycles. The van der Waals surface area contributed by atoms with E-state index in [0.29, 0.717) is 6.54 Å². The summed E-state index contributed by atoms with van der Waals surface area (Å²) in [5, 5.41) is 0. The Kier molecular flexibility index (Phi) is 2.59. The summed E-state index contributed by atoms with van der Waals surface area (Å²) in [4.78, 5) is 24.4. The van der Waals surface area contributed by atoms with Crippen LogP contribution in [0, 0.1) is 5.92 Å². The number of piperidine rings is 1. The largest absolute Gasteiger partial charge is 0.453 e. The Bertz CT molecular complexity index is 318. The highest BCUT2D eigenvalue weighted by molar-refractivity contribution is 6.61. The van der Waals surface area contributed by atoms with Crippen LogP contribution in [-0.4, -0.2) is 40.8 Å². The zero-order valence-electron chi connectivity index (χ0n) is 8.20. The highest BCUT2D eigenvalue weighted by Crippen LogP contribution is 2.50. The third-order valence-corrected chi connectivity index (χ3v) is 3.90. The molecule has 2 atom stereocenters. The average molecular weight is 252 g/mol. The first-order valence-corrected chi connectivity index (χ1v) is 5.52. The van der Waals surface area contributed by atoms with E-state index in [2.05, 4.69) is 4.74 Å². The number of alkyl halides is 2. The van der Waals surface area contributed by atoms with E-state index in [4.69, 9.17) is 23.2 Å². The Morgan fingerprint density at radius 2 is 2.27 bits per heavy atom. The number of amides is 1. The zero-order chi connectivity index (χ0) is 11.2. The van der Waals surface area contributed by atoms with E-state index in [-0.39, 0.29) is 11.7 Å². The third kappa shape index (κ3) is 1.42. The molecule has 2 unspecified atom stereocenters. The van der Waals surface area contributed by atoms with Gasteiger partial charge in [0.15, 0.2) is 10.1 Å². The fourth-order valence-electron chi connectivity index (χ4n) is 2.34. The van der Waals surface area contributed by atoms with Crippen LogP contribution in [0.5, 0.6) is 0 Å². The lowest BCUT2D eigenvalue weighted by Gasteiger charge is -2.52. The number of hydrogen-bond donors (Lipinski definition) is 0. The number of halogens is 2. The summed E-state index contributed by atoms with van der Waals surface area (Å²) >= 11 is 11.8. The van der Waals surface area contributed by atoms with Crippen molar-refractivity contribution in [3.05, 3.63) is 0 Å². The van der Waals surface area contributed by atoms with Gasteiger partial charge in [-0.15, -0.1) is 0 Å². The number of ether oxygens (including phenoxy) is 1. The van der Waals surface area contributed by atoms with Gasteiger partial charge >= 0.3 is 6.09 Å². The van der Waals surface area contributed by atoms with Gasteiger partial charge in [0, 0.05) is 12.5 Å². The van der Waals surface area contributed by atoms with Gasteiger partial charge in [0.2, 0.25) is 0 Å². The van der Waals surface area contributed by atoms with Crippen LogP contribution in [0.4, 0.5) is 4.79 Å². The molecule has 0 bridgehead atoms.